The molecule has 0 aliphatic heterocycles. The first kappa shape index (κ1) is 18.7. The molecule has 3 aromatic rings. The fourth-order valence-corrected chi connectivity index (χ4v) is 2.30. The number of nitrogens with zero attached hydrogens (tertiary/aromatic N) is 3. The maximum absolute atomic E-state index is 14.2. The van der Waals surface area contributed by atoms with E-state index in [1.165, 1.54) is 18.3 Å². The number of nitrogens with one attached hydrogen (secondary N) is 2. The third kappa shape index (κ3) is 5.18. The van der Waals surface area contributed by atoms with Gasteiger partial charge in [0.15, 0.2) is 5.82 Å². The zero-order chi connectivity index (χ0) is 19.4. The lowest BCUT2D eigenvalue weighted by atomic mass is 10.1. The van der Waals surface area contributed by atoms with Gasteiger partial charge in [0.2, 0.25) is 5.95 Å². The van der Waals surface area contributed by atoms with Crippen molar-refractivity contribution in [2.24, 2.45) is 0 Å². The van der Waals surface area contributed by atoms with Crippen LogP contribution in [0.4, 0.5) is 26.1 Å². The molecule has 2 heterocycles. The SMILES string of the molecule is CC(C)(O)CNc1cc(Nc2ccnc(F)c2)nc(-c2ccccc2F)n1. The average Bonchev–Trinajstić information content (AvgIpc) is 2.60. The number of pyridine rings is 1. The molecule has 0 atom stereocenters. The number of hydrogen-bond donors (Lipinski definition) is 3. The highest BCUT2D eigenvalue weighted by Gasteiger charge is 2.15. The van der Waals surface area contributed by atoms with Crippen LogP contribution >= 0.6 is 0 Å². The van der Waals surface area contributed by atoms with E-state index in [1.54, 1.807) is 44.2 Å². The summed E-state index contributed by atoms with van der Waals surface area (Å²) in [6.07, 6.45) is 1.32. The fourth-order valence-electron chi connectivity index (χ4n) is 2.30. The lowest BCUT2D eigenvalue weighted by Gasteiger charge is -2.19. The van der Waals surface area contributed by atoms with Gasteiger partial charge in [-0.05, 0) is 32.0 Å². The molecule has 0 saturated heterocycles. The van der Waals surface area contributed by atoms with Gasteiger partial charge in [0, 0.05) is 30.6 Å². The molecule has 0 aliphatic carbocycles. The van der Waals surface area contributed by atoms with Crippen LogP contribution < -0.4 is 10.6 Å². The number of halogens is 2. The molecular formula is C19H19F2N5O. The van der Waals surface area contributed by atoms with Crippen molar-refractivity contribution in [2.45, 2.75) is 19.4 Å². The van der Waals surface area contributed by atoms with E-state index in [2.05, 4.69) is 25.6 Å². The van der Waals surface area contributed by atoms with Crippen LogP contribution in [0.5, 0.6) is 0 Å². The number of aliphatic hydroxyl groups is 1. The summed E-state index contributed by atoms with van der Waals surface area (Å²) < 4.78 is 27.5. The monoisotopic (exact) mass is 371 g/mol. The summed E-state index contributed by atoms with van der Waals surface area (Å²) >= 11 is 0. The molecule has 0 amide bonds. The van der Waals surface area contributed by atoms with E-state index in [-0.39, 0.29) is 17.9 Å². The van der Waals surface area contributed by atoms with Gasteiger partial charge in [-0.3, -0.25) is 0 Å². The summed E-state index contributed by atoms with van der Waals surface area (Å²) in [5, 5.41) is 15.9. The summed E-state index contributed by atoms with van der Waals surface area (Å²) in [6, 6.07) is 10.5. The van der Waals surface area contributed by atoms with Crippen molar-refractivity contribution in [1.82, 2.24) is 15.0 Å². The number of rotatable bonds is 6. The van der Waals surface area contributed by atoms with Gasteiger partial charge < -0.3 is 15.7 Å². The van der Waals surface area contributed by atoms with Crippen LogP contribution in [0.25, 0.3) is 11.4 Å². The molecule has 0 spiro atoms. The summed E-state index contributed by atoms with van der Waals surface area (Å²) in [5.41, 5.74) is -0.298. The van der Waals surface area contributed by atoms with E-state index in [9.17, 15) is 13.9 Å². The molecule has 3 rings (SSSR count). The van der Waals surface area contributed by atoms with Crippen molar-refractivity contribution >= 4 is 17.3 Å². The Kier molecular flexibility index (Phi) is 5.27. The molecule has 2 aromatic heterocycles. The normalized spacial score (nSPS) is 11.3. The Morgan fingerprint density at radius 1 is 1.04 bits per heavy atom. The minimum atomic E-state index is -0.967. The summed E-state index contributed by atoms with van der Waals surface area (Å²) in [4.78, 5) is 12.2. The van der Waals surface area contributed by atoms with Crippen molar-refractivity contribution in [3.8, 4) is 11.4 Å². The maximum Gasteiger partial charge on any atom is 0.214 e. The minimum Gasteiger partial charge on any atom is -0.389 e. The lowest BCUT2D eigenvalue weighted by Crippen LogP contribution is -2.29. The standard InChI is InChI=1S/C19H19F2N5O/c1-19(2,27)11-23-16-10-17(24-12-7-8-22-15(21)9-12)26-18(25-16)13-5-3-4-6-14(13)20/h3-10,27H,11H2,1-2H3,(H2,22,23,24,25,26). The van der Waals surface area contributed by atoms with Gasteiger partial charge in [0.1, 0.15) is 17.5 Å². The minimum absolute atomic E-state index is 0.158. The molecule has 8 heteroatoms. The zero-order valence-corrected chi connectivity index (χ0v) is 14.9. The van der Waals surface area contributed by atoms with Crippen LogP contribution in [0.1, 0.15) is 13.8 Å². The van der Waals surface area contributed by atoms with Gasteiger partial charge in [-0.15, -0.1) is 0 Å². The van der Waals surface area contributed by atoms with Gasteiger partial charge in [-0.1, -0.05) is 12.1 Å². The van der Waals surface area contributed by atoms with Crippen molar-refractivity contribution < 1.29 is 13.9 Å². The predicted molar refractivity (Wildman–Crippen MR) is 99.7 cm³/mol. The second kappa shape index (κ2) is 7.63. The van der Waals surface area contributed by atoms with E-state index < -0.39 is 17.4 Å². The Morgan fingerprint density at radius 2 is 1.78 bits per heavy atom. The van der Waals surface area contributed by atoms with Crippen molar-refractivity contribution in [1.29, 1.82) is 0 Å². The third-order valence-corrected chi connectivity index (χ3v) is 3.54. The highest BCUT2D eigenvalue weighted by Crippen LogP contribution is 2.25. The molecule has 27 heavy (non-hydrogen) atoms. The Hall–Kier alpha value is -3.13. The first-order valence-electron chi connectivity index (χ1n) is 8.29. The third-order valence-electron chi connectivity index (χ3n) is 3.54. The lowest BCUT2D eigenvalue weighted by molar-refractivity contribution is 0.0944. The van der Waals surface area contributed by atoms with Crippen LogP contribution in [-0.4, -0.2) is 32.2 Å². The van der Waals surface area contributed by atoms with Crippen LogP contribution in [0.3, 0.4) is 0 Å². The molecular weight excluding hydrogens is 352 g/mol. The van der Waals surface area contributed by atoms with Crippen LogP contribution in [0.2, 0.25) is 0 Å². The Bertz CT molecular complexity index is 943. The molecule has 3 N–H and O–H groups in total. The van der Waals surface area contributed by atoms with Gasteiger partial charge in [-0.25, -0.2) is 19.3 Å². The van der Waals surface area contributed by atoms with E-state index >= 15 is 0 Å². The number of aromatic nitrogens is 3. The largest absolute Gasteiger partial charge is 0.389 e. The van der Waals surface area contributed by atoms with Gasteiger partial charge >= 0.3 is 0 Å². The molecule has 0 aliphatic rings. The number of anilines is 3. The van der Waals surface area contributed by atoms with Crippen LogP contribution in [0, 0.1) is 11.8 Å². The van der Waals surface area contributed by atoms with Gasteiger partial charge in [0.25, 0.3) is 0 Å². The topological polar surface area (TPSA) is 83.0 Å². The van der Waals surface area contributed by atoms with Crippen molar-refractivity contribution in [2.75, 3.05) is 17.2 Å². The van der Waals surface area contributed by atoms with E-state index in [0.717, 1.165) is 0 Å². The molecule has 0 bridgehead atoms. The van der Waals surface area contributed by atoms with Gasteiger partial charge in [-0.2, -0.15) is 4.39 Å². The summed E-state index contributed by atoms with van der Waals surface area (Å²) in [7, 11) is 0. The summed E-state index contributed by atoms with van der Waals surface area (Å²) in [6.45, 7) is 3.53. The molecule has 0 radical (unpaired) electrons. The first-order chi connectivity index (χ1) is 12.8. The molecule has 0 unspecified atom stereocenters. The van der Waals surface area contributed by atoms with Crippen LogP contribution in [0.15, 0.2) is 48.7 Å². The maximum atomic E-state index is 14.2. The van der Waals surface area contributed by atoms with E-state index in [0.29, 0.717) is 17.3 Å². The van der Waals surface area contributed by atoms with E-state index in [1.807, 2.05) is 0 Å². The highest BCUT2D eigenvalue weighted by atomic mass is 19.1. The smallest absolute Gasteiger partial charge is 0.214 e. The Morgan fingerprint density at radius 3 is 2.48 bits per heavy atom. The molecule has 0 fully saturated rings. The predicted octanol–water partition coefficient (Wildman–Crippen LogP) is 3.74. The first-order valence-corrected chi connectivity index (χ1v) is 8.29. The van der Waals surface area contributed by atoms with Crippen molar-refractivity contribution in [3.05, 3.63) is 60.4 Å². The second-order valence-electron chi connectivity index (χ2n) is 6.60. The molecule has 1 aromatic carbocycles. The zero-order valence-electron chi connectivity index (χ0n) is 14.9. The fraction of sp³-hybridized carbons (Fsp3) is 0.211. The number of hydrogen-bond acceptors (Lipinski definition) is 6. The van der Waals surface area contributed by atoms with Gasteiger partial charge in [0.05, 0.1) is 11.2 Å². The average molecular weight is 371 g/mol. The van der Waals surface area contributed by atoms with Crippen LogP contribution in [-0.2, 0) is 0 Å². The number of benzene rings is 1. The second-order valence-corrected chi connectivity index (χ2v) is 6.60. The molecule has 140 valence electrons. The molecule has 0 saturated carbocycles. The summed E-state index contributed by atoms with van der Waals surface area (Å²) in [5.74, 6) is -0.206. The van der Waals surface area contributed by atoms with E-state index in [4.69, 9.17) is 0 Å². The van der Waals surface area contributed by atoms with Crippen molar-refractivity contribution in [3.63, 3.8) is 0 Å². The Labute approximate surface area is 155 Å². The highest BCUT2D eigenvalue weighted by molar-refractivity contribution is 5.65. The quantitative estimate of drug-likeness (QED) is 0.573. The molecule has 6 nitrogen and oxygen atoms in total. The Balaban J connectivity index is 1.98.